The number of hydrogen-bond acceptors (Lipinski definition) is 3. The van der Waals surface area contributed by atoms with Crippen LogP contribution >= 0.6 is 0 Å². The zero-order valence-corrected chi connectivity index (χ0v) is 14.2. The minimum Gasteiger partial charge on any atom is -0.345 e. The van der Waals surface area contributed by atoms with Crippen LogP contribution in [0.15, 0.2) is 42.5 Å². The van der Waals surface area contributed by atoms with Gasteiger partial charge in [0.15, 0.2) is 11.6 Å². The molecule has 5 nitrogen and oxygen atoms in total. The number of carbonyl (C=O) groups is 1. The Morgan fingerprint density at radius 1 is 1.16 bits per heavy atom. The highest BCUT2D eigenvalue weighted by Crippen LogP contribution is 2.35. The predicted molar refractivity (Wildman–Crippen MR) is 89.8 cm³/mol. The third-order valence-corrected chi connectivity index (χ3v) is 5.27. The highest BCUT2D eigenvalue weighted by molar-refractivity contribution is 7.92. The number of amides is 1. The molecule has 1 heterocycles. The Balaban J connectivity index is 1.88. The van der Waals surface area contributed by atoms with E-state index in [1.165, 1.54) is 10.4 Å². The van der Waals surface area contributed by atoms with Crippen molar-refractivity contribution in [3.05, 3.63) is 65.2 Å². The lowest BCUT2D eigenvalue weighted by Gasteiger charge is -2.34. The molecule has 0 aromatic heterocycles. The standard InChI is InChI=1S/C17H16F2N2O3S/c1-25(23,24)21-9-8-15(12-4-2-3-5-16(12)21)20-17(22)11-6-7-13(18)14(19)10-11/h2-7,10,15H,8-9H2,1H3,(H,20,22). The molecule has 1 unspecified atom stereocenters. The summed E-state index contributed by atoms with van der Waals surface area (Å²) in [4.78, 5) is 12.3. The molecular formula is C17H16F2N2O3S. The van der Waals surface area contributed by atoms with Crippen LogP contribution in [0.2, 0.25) is 0 Å². The van der Waals surface area contributed by atoms with Crippen LogP contribution < -0.4 is 9.62 Å². The van der Waals surface area contributed by atoms with E-state index < -0.39 is 33.6 Å². The summed E-state index contributed by atoms with van der Waals surface area (Å²) >= 11 is 0. The van der Waals surface area contributed by atoms with E-state index in [-0.39, 0.29) is 12.1 Å². The van der Waals surface area contributed by atoms with E-state index in [1.807, 2.05) is 0 Å². The van der Waals surface area contributed by atoms with Crippen LogP contribution in [0, 0.1) is 11.6 Å². The third kappa shape index (κ3) is 3.48. The zero-order valence-electron chi connectivity index (χ0n) is 13.4. The minimum absolute atomic E-state index is 0.00178. The first-order valence-electron chi connectivity index (χ1n) is 7.60. The summed E-state index contributed by atoms with van der Waals surface area (Å²) in [6.07, 6.45) is 1.50. The molecule has 1 atom stereocenters. The van der Waals surface area contributed by atoms with Gasteiger partial charge in [-0.3, -0.25) is 9.10 Å². The van der Waals surface area contributed by atoms with Crippen molar-refractivity contribution in [3.63, 3.8) is 0 Å². The third-order valence-electron chi connectivity index (χ3n) is 4.09. The van der Waals surface area contributed by atoms with E-state index in [4.69, 9.17) is 0 Å². The van der Waals surface area contributed by atoms with E-state index in [9.17, 15) is 22.0 Å². The summed E-state index contributed by atoms with van der Waals surface area (Å²) < 4.78 is 51.5. The van der Waals surface area contributed by atoms with E-state index in [1.54, 1.807) is 24.3 Å². The number of fused-ring (bicyclic) bond motifs is 1. The number of nitrogens with zero attached hydrogens (tertiary/aromatic N) is 1. The summed E-state index contributed by atoms with van der Waals surface area (Å²) in [5, 5.41) is 2.76. The Labute approximate surface area is 144 Å². The van der Waals surface area contributed by atoms with Crippen LogP contribution in [-0.4, -0.2) is 27.1 Å². The maximum absolute atomic E-state index is 13.3. The van der Waals surface area contributed by atoms with Gasteiger partial charge < -0.3 is 5.32 Å². The van der Waals surface area contributed by atoms with Crippen LogP contribution in [0.5, 0.6) is 0 Å². The number of anilines is 1. The molecule has 2 aromatic rings. The second kappa shape index (κ2) is 6.44. The fourth-order valence-corrected chi connectivity index (χ4v) is 3.87. The molecule has 0 saturated heterocycles. The van der Waals surface area contributed by atoms with E-state index in [2.05, 4.69) is 5.32 Å². The molecule has 1 amide bonds. The molecule has 8 heteroatoms. The van der Waals surface area contributed by atoms with Crippen LogP contribution in [-0.2, 0) is 10.0 Å². The van der Waals surface area contributed by atoms with Crippen molar-refractivity contribution in [1.29, 1.82) is 0 Å². The minimum atomic E-state index is -3.42. The topological polar surface area (TPSA) is 66.5 Å². The van der Waals surface area contributed by atoms with E-state index >= 15 is 0 Å². The van der Waals surface area contributed by atoms with Gasteiger partial charge in [-0.25, -0.2) is 17.2 Å². The van der Waals surface area contributed by atoms with Gasteiger partial charge in [-0.2, -0.15) is 0 Å². The molecule has 132 valence electrons. The number of sulfonamides is 1. The molecule has 1 N–H and O–H groups in total. The van der Waals surface area contributed by atoms with Gasteiger partial charge in [-0.1, -0.05) is 18.2 Å². The lowest BCUT2D eigenvalue weighted by molar-refractivity contribution is 0.0934. The highest BCUT2D eigenvalue weighted by Gasteiger charge is 2.30. The number of halogens is 2. The zero-order chi connectivity index (χ0) is 18.2. The van der Waals surface area contributed by atoms with Crippen molar-refractivity contribution in [2.24, 2.45) is 0 Å². The van der Waals surface area contributed by atoms with Crippen molar-refractivity contribution in [1.82, 2.24) is 5.32 Å². The second-order valence-electron chi connectivity index (χ2n) is 5.84. The first kappa shape index (κ1) is 17.3. The van der Waals surface area contributed by atoms with Gasteiger partial charge in [0.05, 0.1) is 18.0 Å². The molecule has 0 radical (unpaired) electrons. The van der Waals surface area contributed by atoms with Crippen LogP contribution in [0.3, 0.4) is 0 Å². The average Bonchev–Trinajstić information content (AvgIpc) is 2.56. The summed E-state index contributed by atoms with van der Waals surface area (Å²) in [5.41, 5.74) is 1.17. The van der Waals surface area contributed by atoms with Gasteiger partial charge in [-0.05, 0) is 36.2 Å². The molecule has 1 aliphatic rings. The number of nitrogens with one attached hydrogen (secondary N) is 1. The van der Waals surface area contributed by atoms with Crippen LogP contribution in [0.1, 0.15) is 28.4 Å². The van der Waals surface area contributed by atoms with Gasteiger partial charge in [0.1, 0.15) is 0 Å². The Kier molecular flexibility index (Phi) is 4.47. The number of para-hydroxylation sites is 1. The van der Waals surface area contributed by atoms with Gasteiger partial charge >= 0.3 is 0 Å². The molecule has 0 saturated carbocycles. The quantitative estimate of drug-likeness (QED) is 0.908. The summed E-state index contributed by atoms with van der Waals surface area (Å²) in [6.45, 7) is 0.221. The molecule has 0 aliphatic carbocycles. The van der Waals surface area contributed by atoms with E-state index in [0.717, 1.165) is 18.4 Å². The fraction of sp³-hybridized carbons (Fsp3) is 0.235. The lowest BCUT2D eigenvalue weighted by Crippen LogP contribution is -2.40. The second-order valence-corrected chi connectivity index (χ2v) is 7.74. The van der Waals surface area contributed by atoms with Crippen molar-refractivity contribution >= 4 is 21.6 Å². The largest absolute Gasteiger partial charge is 0.345 e. The average molecular weight is 366 g/mol. The smallest absolute Gasteiger partial charge is 0.251 e. The predicted octanol–water partition coefficient (Wildman–Crippen LogP) is 2.61. The van der Waals surface area contributed by atoms with Gasteiger partial charge in [0, 0.05) is 12.1 Å². The molecular weight excluding hydrogens is 350 g/mol. The lowest BCUT2D eigenvalue weighted by atomic mass is 9.97. The maximum atomic E-state index is 13.3. The Morgan fingerprint density at radius 2 is 1.88 bits per heavy atom. The molecule has 1 aliphatic heterocycles. The molecule has 0 bridgehead atoms. The summed E-state index contributed by atoms with van der Waals surface area (Å²) in [5.74, 6) is -2.67. The molecule has 0 spiro atoms. The number of benzene rings is 2. The first-order valence-corrected chi connectivity index (χ1v) is 9.45. The number of hydrogen-bond donors (Lipinski definition) is 1. The first-order chi connectivity index (χ1) is 11.8. The van der Waals surface area contributed by atoms with Crippen molar-refractivity contribution in [2.45, 2.75) is 12.5 Å². The molecule has 25 heavy (non-hydrogen) atoms. The normalized spacial score (nSPS) is 17.1. The number of carbonyl (C=O) groups excluding carboxylic acids is 1. The Bertz CT molecular complexity index is 931. The molecule has 2 aromatic carbocycles. The monoisotopic (exact) mass is 366 g/mol. The van der Waals surface area contributed by atoms with Crippen molar-refractivity contribution in [2.75, 3.05) is 17.1 Å². The fourth-order valence-electron chi connectivity index (χ4n) is 2.90. The molecule has 3 rings (SSSR count). The van der Waals surface area contributed by atoms with Gasteiger partial charge in [-0.15, -0.1) is 0 Å². The summed E-state index contributed by atoms with van der Waals surface area (Å²) in [7, 11) is -3.42. The van der Waals surface area contributed by atoms with Crippen molar-refractivity contribution < 1.29 is 22.0 Å². The van der Waals surface area contributed by atoms with Gasteiger partial charge in [0.25, 0.3) is 5.91 Å². The van der Waals surface area contributed by atoms with E-state index in [0.29, 0.717) is 17.7 Å². The maximum Gasteiger partial charge on any atom is 0.251 e. The summed E-state index contributed by atoms with van der Waals surface area (Å²) in [6, 6.07) is 9.39. The van der Waals surface area contributed by atoms with Crippen molar-refractivity contribution in [3.8, 4) is 0 Å². The van der Waals surface area contributed by atoms with Crippen LogP contribution in [0.4, 0.5) is 14.5 Å². The highest BCUT2D eigenvalue weighted by atomic mass is 32.2. The Hall–Kier alpha value is -2.48. The van der Waals surface area contributed by atoms with Gasteiger partial charge in [0.2, 0.25) is 10.0 Å². The SMILES string of the molecule is CS(=O)(=O)N1CCC(NC(=O)c2ccc(F)c(F)c2)c2ccccc21. The molecule has 0 fully saturated rings. The Morgan fingerprint density at radius 3 is 2.56 bits per heavy atom. The number of rotatable bonds is 3. The van der Waals surface area contributed by atoms with Crippen LogP contribution in [0.25, 0.3) is 0 Å².